The molecule has 0 spiro atoms. The average molecular weight is 471 g/mol. The van der Waals surface area contributed by atoms with Crippen LogP contribution in [0.15, 0.2) is 52.7 Å². The fraction of sp³-hybridized carbons (Fsp3) is 0.273. The molecule has 4 rings (SSSR count). The molecule has 0 bridgehead atoms. The summed E-state index contributed by atoms with van der Waals surface area (Å²) in [7, 11) is -0.513. The number of sulfonamides is 1. The van der Waals surface area contributed by atoms with Gasteiger partial charge in [0, 0.05) is 43.2 Å². The molecule has 2 heterocycles. The van der Waals surface area contributed by atoms with E-state index in [-0.39, 0.29) is 10.5 Å². The molecule has 32 heavy (non-hydrogen) atoms. The van der Waals surface area contributed by atoms with E-state index < -0.39 is 10.0 Å². The number of ether oxygens (including phenoxy) is 2. The van der Waals surface area contributed by atoms with Crippen molar-refractivity contribution in [3.05, 3.63) is 53.4 Å². The van der Waals surface area contributed by atoms with Crippen molar-refractivity contribution < 1.29 is 17.9 Å². The summed E-state index contributed by atoms with van der Waals surface area (Å²) in [4.78, 5) is 6.88. The maximum atomic E-state index is 13.0. The van der Waals surface area contributed by atoms with Crippen LogP contribution in [0.4, 0.5) is 5.13 Å². The molecule has 1 fully saturated rings. The van der Waals surface area contributed by atoms with E-state index >= 15 is 0 Å². The van der Waals surface area contributed by atoms with Gasteiger partial charge < -0.3 is 14.4 Å². The zero-order chi connectivity index (χ0) is 22.7. The Balaban J connectivity index is 1.49. The molecule has 1 saturated heterocycles. The Labute approximate surface area is 191 Å². The summed E-state index contributed by atoms with van der Waals surface area (Å²) in [6.45, 7) is 1.67. The van der Waals surface area contributed by atoms with Crippen molar-refractivity contribution in [2.24, 2.45) is 0 Å². The number of methoxy groups -OCH3 is 2. The number of anilines is 1. The molecule has 0 atom stereocenters. The third kappa shape index (κ3) is 4.14. The second-order valence-corrected chi connectivity index (χ2v) is 9.82. The number of thiazole rings is 1. The van der Waals surface area contributed by atoms with Gasteiger partial charge in [0.1, 0.15) is 17.6 Å². The fourth-order valence-electron chi connectivity index (χ4n) is 3.59. The Morgan fingerprint density at radius 1 is 1.06 bits per heavy atom. The molecular weight excluding hydrogens is 448 g/mol. The predicted molar refractivity (Wildman–Crippen MR) is 123 cm³/mol. The monoisotopic (exact) mass is 470 g/mol. The lowest BCUT2D eigenvalue weighted by Crippen LogP contribution is -2.48. The smallest absolute Gasteiger partial charge is 0.244 e. The average Bonchev–Trinajstić information content (AvgIpc) is 3.33. The van der Waals surface area contributed by atoms with Crippen molar-refractivity contribution >= 4 is 26.5 Å². The summed E-state index contributed by atoms with van der Waals surface area (Å²) in [6, 6.07) is 13.9. The largest absolute Gasteiger partial charge is 0.497 e. The number of hydrogen-bond acceptors (Lipinski definition) is 8. The van der Waals surface area contributed by atoms with Crippen molar-refractivity contribution in [2.75, 3.05) is 45.3 Å². The summed E-state index contributed by atoms with van der Waals surface area (Å²) in [5, 5.41) is 12.1. The van der Waals surface area contributed by atoms with Crippen LogP contribution in [-0.4, -0.2) is 58.1 Å². The number of benzene rings is 2. The van der Waals surface area contributed by atoms with Gasteiger partial charge in [0.15, 0.2) is 5.13 Å². The van der Waals surface area contributed by atoms with Gasteiger partial charge in [-0.15, -0.1) is 11.3 Å². The molecular formula is C22H22N4O4S2. The zero-order valence-corrected chi connectivity index (χ0v) is 19.3. The van der Waals surface area contributed by atoms with Gasteiger partial charge in [-0.25, -0.2) is 13.4 Å². The lowest BCUT2D eigenvalue weighted by atomic mass is 10.1. The molecule has 0 N–H and O–H groups in total. The Bertz CT molecular complexity index is 1260. The van der Waals surface area contributed by atoms with Crippen LogP contribution in [0, 0.1) is 11.3 Å². The van der Waals surface area contributed by atoms with Crippen molar-refractivity contribution in [2.45, 2.75) is 4.90 Å². The normalized spacial score (nSPS) is 14.7. The Kier molecular flexibility index (Phi) is 6.32. The summed E-state index contributed by atoms with van der Waals surface area (Å²) in [5.41, 5.74) is 1.82. The Morgan fingerprint density at radius 3 is 2.50 bits per heavy atom. The molecule has 0 aliphatic carbocycles. The van der Waals surface area contributed by atoms with Gasteiger partial charge in [0.05, 0.1) is 30.4 Å². The minimum Gasteiger partial charge on any atom is -0.497 e. The first-order valence-electron chi connectivity index (χ1n) is 9.90. The summed E-state index contributed by atoms with van der Waals surface area (Å²) >= 11 is 1.51. The van der Waals surface area contributed by atoms with Crippen LogP contribution >= 0.6 is 11.3 Å². The van der Waals surface area contributed by atoms with E-state index in [2.05, 4.69) is 4.90 Å². The van der Waals surface area contributed by atoms with Crippen LogP contribution in [0.3, 0.4) is 0 Å². The zero-order valence-electron chi connectivity index (χ0n) is 17.7. The van der Waals surface area contributed by atoms with Gasteiger partial charge in [0.2, 0.25) is 10.0 Å². The third-order valence-electron chi connectivity index (χ3n) is 5.31. The quantitative estimate of drug-likeness (QED) is 0.546. The van der Waals surface area contributed by atoms with Crippen molar-refractivity contribution in [3.63, 3.8) is 0 Å². The highest BCUT2D eigenvalue weighted by Gasteiger charge is 2.31. The van der Waals surface area contributed by atoms with E-state index in [4.69, 9.17) is 14.5 Å². The minimum atomic E-state index is -3.73. The molecule has 0 amide bonds. The SMILES string of the molecule is COc1ccc(-c2csc(N3CCN(S(=O)(=O)c4ccccc4C#N)CC3)n2)c(OC)c1. The summed E-state index contributed by atoms with van der Waals surface area (Å²) in [5.74, 6) is 1.38. The first-order valence-corrected chi connectivity index (χ1v) is 12.2. The molecule has 1 aromatic heterocycles. The second kappa shape index (κ2) is 9.16. The van der Waals surface area contributed by atoms with Crippen LogP contribution in [0.2, 0.25) is 0 Å². The van der Waals surface area contributed by atoms with Gasteiger partial charge in [0.25, 0.3) is 0 Å². The summed E-state index contributed by atoms with van der Waals surface area (Å²) < 4.78 is 38.3. The van der Waals surface area contributed by atoms with Gasteiger partial charge in [-0.05, 0) is 24.3 Å². The highest BCUT2D eigenvalue weighted by atomic mass is 32.2. The molecule has 166 valence electrons. The standard InChI is InChI=1S/C22H22N4O4S2/c1-29-17-7-8-18(20(13-17)30-2)19-15-31-22(24-19)25-9-11-26(12-10-25)32(27,28)21-6-4-3-5-16(21)14-23/h3-8,13,15H,9-12H2,1-2H3. The lowest BCUT2D eigenvalue weighted by Gasteiger charge is -2.33. The molecule has 3 aromatic rings. The number of aromatic nitrogens is 1. The Morgan fingerprint density at radius 2 is 1.81 bits per heavy atom. The topological polar surface area (TPSA) is 95.8 Å². The van der Waals surface area contributed by atoms with E-state index in [0.717, 1.165) is 16.4 Å². The van der Waals surface area contributed by atoms with Crippen LogP contribution < -0.4 is 14.4 Å². The van der Waals surface area contributed by atoms with Crippen molar-refractivity contribution in [3.8, 4) is 28.8 Å². The van der Waals surface area contributed by atoms with Gasteiger partial charge in [-0.3, -0.25) is 0 Å². The highest BCUT2D eigenvalue weighted by Crippen LogP contribution is 2.36. The maximum absolute atomic E-state index is 13.0. The molecule has 1 aliphatic rings. The van der Waals surface area contributed by atoms with Gasteiger partial charge >= 0.3 is 0 Å². The van der Waals surface area contributed by atoms with E-state index in [9.17, 15) is 13.7 Å². The maximum Gasteiger partial charge on any atom is 0.244 e. The van der Waals surface area contributed by atoms with Crippen molar-refractivity contribution in [1.29, 1.82) is 5.26 Å². The van der Waals surface area contributed by atoms with Crippen LogP contribution in [0.1, 0.15) is 5.56 Å². The van der Waals surface area contributed by atoms with Gasteiger partial charge in [-0.2, -0.15) is 9.57 Å². The molecule has 1 aliphatic heterocycles. The first kappa shape index (κ1) is 22.1. The highest BCUT2D eigenvalue weighted by molar-refractivity contribution is 7.89. The number of rotatable bonds is 6. The van der Waals surface area contributed by atoms with Crippen LogP contribution in [0.25, 0.3) is 11.3 Å². The third-order valence-corrected chi connectivity index (χ3v) is 8.17. The lowest BCUT2D eigenvalue weighted by molar-refractivity contribution is 0.384. The molecule has 0 unspecified atom stereocenters. The predicted octanol–water partition coefficient (Wildman–Crippen LogP) is 3.21. The summed E-state index contributed by atoms with van der Waals surface area (Å²) in [6.07, 6.45) is 0. The number of nitrogens with zero attached hydrogens (tertiary/aromatic N) is 4. The molecule has 0 saturated carbocycles. The van der Waals surface area contributed by atoms with E-state index in [1.54, 1.807) is 26.4 Å². The minimum absolute atomic E-state index is 0.0547. The number of hydrogen-bond donors (Lipinski definition) is 0. The number of nitriles is 1. The first-order chi connectivity index (χ1) is 15.5. The second-order valence-electron chi connectivity index (χ2n) is 7.08. The van der Waals surface area contributed by atoms with E-state index in [1.807, 2.05) is 29.6 Å². The Hall–Kier alpha value is -3.13. The number of piperazine rings is 1. The molecule has 10 heteroatoms. The molecule has 8 nitrogen and oxygen atoms in total. The fourth-order valence-corrected chi connectivity index (χ4v) is 6.03. The van der Waals surface area contributed by atoms with Crippen LogP contribution in [0.5, 0.6) is 11.5 Å². The van der Waals surface area contributed by atoms with Crippen LogP contribution in [-0.2, 0) is 10.0 Å². The van der Waals surface area contributed by atoms with E-state index in [1.165, 1.54) is 27.8 Å². The van der Waals surface area contributed by atoms with Gasteiger partial charge in [-0.1, -0.05) is 12.1 Å². The van der Waals surface area contributed by atoms with E-state index in [0.29, 0.717) is 37.7 Å². The van der Waals surface area contributed by atoms with Crippen molar-refractivity contribution in [1.82, 2.24) is 9.29 Å². The molecule has 0 radical (unpaired) electrons. The molecule has 2 aromatic carbocycles.